The van der Waals surface area contributed by atoms with Crippen LogP contribution in [0.25, 0.3) is 0 Å². The van der Waals surface area contributed by atoms with E-state index in [1.165, 1.54) is 327 Å². The summed E-state index contributed by atoms with van der Waals surface area (Å²) in [5.41, 5.74) is 0. The van der Waals surface area contributed by atoms with Crippen LogP contribution in [-0.4, -0.2) is 47.4 Å². The van der Waals surface area contributed by atoms with Crippen LogP contribution in [-0.2, 0) is 14.3 Å². The van der Waals surface area contributed by atoms with E-state index in [0.717, 1.165) is 57.8 Å². The van der Waals surface area contributed by atoms with Gasteiger partial charge in [-0.25, -0.2) is 0 Å². The van der Waals surface area contributed by atoms with Crippen LogP contribution in [0.5, 0.6) is 0 Å². The number of hydrogen-bond donors (Lipinski definition) is 3. The Bertz CT molecular complexity index is 1480. The number of ether oxygens (including phenoxy) is 1. The van der Waals surface area contributed by atoms with Gasteiger partial charge >= 0.3 is 5.97 Å². The number of allylic oxidation sites excluding steroid dienone is 9. The Labute approximate surface area is 537 Å². The van der Waals surface area contributed by atoms with Crippen LogP contribution in [0.4, 0.5) is 0 Å². The van der Waals surface area contributed by atoms with Crippen molar-refractivity contribution >= 4 is 11.9 Å². The molecule has 0 radical (unpaired) electrons. The highest BCUT2D eigenvalue weighted by Gasteiger charge is 2.18. The zero-order chi connectivity index (χ0) is 62.0. The van der Waals surface area contributed by atoms with Gasteiger partial charge in [-0.2, -0.15) is 0 Å². The molecule has 0 fully saturated rings. The molecule has 6 nitrogen and oxygen atoms in total. The molecular formula is C80H149NO5. The van der Waals surface area contributed by atoms with Crippen molar-refractivity contribution in [1.82, 2.24) is 5.32 Å². The first kappa shape index (κ1) is 83.6. The Kier molecular flexibility index (Phi) is 72.9. The number of amides is 1. The van der Waals surface area contributed by atoms with E-state index >= 15 is 0 Å². The van der Waals surface area contributed by atoms with Crippen LogP contribution in [0.15, 0.2) is 60.8 Å². The summed E-state index contributed by atoms with van der Waals surface area (Å²) in [6.45, 7) is 4.91. The number of nitrogens with one attached hydrogen (secondary N) is 1. The van der Waals surface area contributed by atoms with Gasteiger partial charge in [-0.05, 0) is 96.3 Å². The predicted molar refractivity (Wildman–Crippen MR) is 379 cm³/mol. The van der Waals surface area contributed by atoms with Gasteiger partial charge in [-0.3, -0.25) is 9.59 Å². The molecule has 86 heavy (non-hydrogen) atoms. The highest BCUT2D eigenvalue weighted by Crippen LogP contribution is 2.19. The van der Waals surface area contributed by atoms with Crippen molar-refractivity contribution < 1.29 is 24.5 Å². The van der Waals surface area contributed by atoms with Crippen molar-refractivity contribution in [1.29, 1.82) is 0 Å². The number of carbonyl (C=O) groups excluding carboxylic acids is 2. The van der Waals surface area contributed by atoms with Crippen molar-refractivity contribution in [2.45, 2.75) is 424 Å². The van der Waals surface area contributed by atoms with E-state index in [2.05, 4.69) is 67.8 Å². The van der Waals surface area contributed by atoms with Crippen molar-refractivity contribution in [3.05, 3.63) is 60.8 Å². The minimum atomic E-state index is -0.843. The smallest absolute Gasteiger partial charge is 0.305 e. The number of unbranched alkanes of at least 4 members (excludes halogenated alkanes) is 53. The Morgan fingerprint density at radius 3 is 0.895 bits per heavy atom. The van der Waals surface area contributed by atoms with E-state index in [4.69, 9.17) is 4.74 Å². The van der Waals surface area contributed by atoms with Gasteiger partial charge in [0.2, 0.25) is 5.91 Å². The second kappa shape index (κ2) is 75.0. The van der Waals surface area contributed by atoms with E-state index in [9.17, 15) is 19.8 Å². The van der Waals surface area contributed by atoms with Crippen molar-refractivity contribution in [2.75, 3.05) is 13.2 Å². The largest absolute Gasteiger partial charge is 0.466 e. The molecule has 0 saturated carbocycles. The summed E-state index contributed by atoms with van der Waals surface area (Å²) in [5, 5.41) is 23.2. The van der Waals surface area contributed by atoms with Gasteiger partial charge in [0.25, 0.3) is 0 Å². The molecule has 2 unspecified atom stereocenters. The van der Waals surface area contributed by atoms with E-state index in [-0.39, 0.29) is 18.5 Å². The van der Waals surface area contributed by atoms with Crippen LogP contribution in [0.2, 0.25) is 0 Å². The minimum Gasteiger partial charge on any atom is -0.466 e. The third-order valence-electron chi connectivity index (χ3n) is 17.8. The zero-order valence-corrected chi connectivity index (χ0v) is 57.8. The average Bonchev–Trinajstić information content (AvgIpc) is 3.51. The quantitative estimate of drug-likeness (QED) is 0.0320. The van der Waals surface area contributed by atoms with Crippen LogP contribution < -0.4 is 5.32 Å². The molecule has 0 aliphatic carbocycles. The molecule has 0 saturated heterocycles. The van der Waals surface area contributed by atoms with Crippen molar-refractivity contribution in [2.24, 2.45) is 0 Å². The highest BCUT2D eigenvalue weighted by molar-refractivity contribution is 5.76. The summed E-state index contributed by atoms with van der Waals surface area (Å²) in [7, 11) is 0. The van der Waals surface area contributed by atoms with Gasteiger partial charge in [0.1, 0.15) is 0 Å². The molecular weight excluding hydrogens is 1050 g/mol. The van der Waals surface area contributed by atoms with Gasteiger partial charge in [-0.1, -0.05) is 364 Å². The molecule has 0 rings (SSSR count). The van der Waals surface area contributed by atoms with Crippen LogP contribution in [0.1, 0.15) is 412 Å². The summed E-state index contributed by atoms with van der Waals surface area (Å²) in [6, 6.07) is -0.626. The second-order valence-electron chi connectivity index (χ2n) is 26.3. The molecule has 504 valence electrons. The van der Waals surface area contributed by atoms with E-state index < -0.39 is 12.1 Å². The fraction of sp³-hybridized carbons (Fsp3) is 0.850. The lowest BCUT2D eigenvalue weighted by molar-refractivity contribution is -0.143. The topological polar surface area (TPSA) is 95.9 Å². The fourth-order valence-corrected chi connectivity index (χ4v) is 11.9. The first-order valence-electron chi connectivity index (χ1n) is 38.6. The summed E-state index contributed by atoms with van der Waals surface area (Å²) in [4.78, 5) is 24.6. The molecule has 6 heteroatoms. The molecule has 0 aliphatic rings. The maximum atomic E-state index is 12.5. The molecule has 1 amide bonds. The normalized spacial score (nSPS) is 12.8. The van der Waals surface area contributed by atoms with Crippen molar-refractivity contribution in [3.8, 4) is 0 Å². The summed E-state index contributed by atoms with van der Waals surface area (Å²) in [6.07, 6.45) is 101. The number of hydrogen-bond acceptors (Lipinski definition) is 5. The van der Waals surface area contributed by atoms with E-state index in [1.54, 1.807) is 6.08 Å². The molecule has 0 heterocycles. The summed E-state index contributed by atoms with van der Waals surface area (Å²) >= 11 is 0. The van der Waals surface area contributed by atoms with Crippen LogP contribution >= 0.6 is 0 Å². The highest BCUT2D eigenvalue weighted by atomic mass is 16.5. The predicted octanol–water partition coefficient (Wildman–Crippen LogP) is 25.4. The van der Waals surface area contributed by atoms with Gasteiger partial charge < -0.3 is 20.3 Å². The molecule has 2 atom stereocenters. The Balaban J connectivity index is 3.37. The molecule has 0 aromatic carbocycles. The number of carbonyl (C=O) groups is 2. The zero-order valence-electron chi connectivity index (χ0n) is 57.8. The Hall–Kier alpha value is -2.44. The van der Waals surface area contributed by atoms with Crippen molar-refractivity contribution in [3.63, 3.8) is 0 Å². The number of aliphatic hydroxyl groups excluding tert-OH is 2. The minimum absolute atomic E-state index is 0.0113. The number of aliphatic hydroxyl groups is 2. The molecule has 0 aliphatic heterocycles. The van der Waals surface area contributed by atoms with Gasteiger partial charge in [0.05, 0.1) is 25.4 Å². The summed E-state index contributed by atoms with van der Waals surface area (Å²) in [5.74, 6) is -0.0525. The standard InChI is InChI=1S/C80H149NO5/c1-3-5-7-9-11-13-15-17-19-20-43-46-50-54-58-62-66-70-74-80(85)86-75-71-67-63-59-55-51-47-44-41-39-37-35-33-31-29-27-25-23-21-22-24-26-28-30-32-34-36-38-40-42-45-49-53-57-61-65-69-73-79(84)81-77(76-82)78(83)72-68-64-60-56-52-48-18-16-14-12-10-8-6-4-2/h13,15,19-21,23,27,29,68,72,77-78,82-83H,3-12,14,16-18,22,24-26,28,30-67,69-71,73-76H2,1-2H3,(H,81,84)/b15-13-,20-19-,23-21-,29-27-,72-68+. The van der Waals surface area contributed by atoms with Gasteiger partial charge in [0, 0.05) is 12.8 Å². The molecule has 0 aromatic rings. The second-order valence-corrected chi connectivity index (χ2v) is 26.3. The first-order valence-corrected chi connectivity index (χ1v) is 38.6. The van der Waals surface area contributed by atoms with Crippen LogP contribution in [0.3, 0.4) is 0 Å². The Morgan fingerprint density at radius 1 is 0.326 bits per heavy atom. The third kappa shape index (κ3) is 70.6. The lowest BCUT2D eigenvalue weighted by Gasteiger charge is -2.20. The number of esters is 1. The monoisotopic (exact) mass is 1200 g/mol. The molecule has 0 aromatic heterocycles. The molecule has 3 N–H and O–H groups in total. The summed E-state index contributed by atoms with van der Waals surface area (Å²) < 4.78 is 5.51. The lowest BCUT2D eigenvalue weighted by atomic mass is 10.0. The van der Waals surface area contributed by atoms with E-state index in [0.29, 0.717) is 19.4 Å². The Morgan fingerprint density at radius 2 is 0.581 bits per heavy atom. The maximum absolute atomic E-state index is 12.5. The molecule has 0 bridgehead atoms. The SMILES string of the molecule is CCCCCC/C=C\C/C=C\CCCCCCCCCC(=O)OCCCCCCCCCCCCCCC/C=C\C/C=C\CCCCCCCCCCCCCCCCCCCC(=O)NC(CO)C(O)/C=C/CCCCCCCCCCCCCC. The average molecular weight is 1210 g/mol. The van der Waals surface area contributed by atoms with Crippen LogP contribution in [0, 0.1) is 0 Å². The third-order valence-corrected chi connectivity index (χ3v) is 17.8. The maximum Gasteiger partial charge on any atom is 0.305 e. The lowest BCUT2D eigenvalue weighted by Crippen LogP contribution is -2.45. The van der Waals surface area contributed by atoms with Gasteiger partial charge in [0.15, 0.2) is 0 Å². The number of rotatable bonds is 72. The fourth-order valence-electron chi connectivity index (χ4n) is 11.9. The van der Waals surface area contributed by atoms with E-state index in [1.807, 2.05) is 6.08 Å². The van der Waals surface area contributed by atoms with Gasteiger partial charge in [-0.15, -0.1) is 0 Å². The molecule has 0 spiro atoms. The first-order chi connectivity index (χ1) is 42.5.